The molecule has 2 heterocycles. The van der Waals surface area contributed by atoms with E-state index < -0.39 is 17.8 Å². The normalized spacial score (nSPS) is 20.9. The first kappa shape index (κ1) is 23.4. The summed E-state index contributed by atoms with van der Waals surface area (Å²) >= 11 is 0. The highest BCUT2D eigenvalue weighted by atomic mass is 35.5. The maximum Gasteiger partial charge on any atom is 0.416 e. The number of benzene rings is 1. The molecule has 0 bridgehead atoms. The molecule has 2 unspecified atom stereocenters. The fourth-order valence-corrected chi connectivity index (χ4v) is 3.51. The number of carbonyl (C=O) groups excluding carboxylic acids is 2. The first-order valence-corrected chi connectivity index (χ1v) is 9.38. The Labute approximate surface area is 173 Å². The van der Waals surface area contributed by atoms with E-state index in [1.54, 1.807) is 11.0 Å². The van der Waals surface area contributed by atoms with Crippen molar-refractivity contribution in [3.8, 4) is 0 Å². The van der Waals surface area contributed by atoms with Crippen LogP contribution in [0.25, 0.3) is 0 Å². The molecule has 0 spiro atoms. The van der Waals surface area contributed by atoms with Crippen molar-refractivity contribution in [3.63, 3.8) is 0 Å². The molecule has 6 nitrogen and oxygen atoms in total. The number of morpholine rings is 1. The van der Waals surface area contributed by atoms with E-state index >= 15 is 0 Å². The minimum Gasteiger partial charge on any atom is -0.378 e. The predicted molar refractivity (Wildman–Crippen MR) is 103 cm³/mol. The Morgan fingerprint density at radius 2 is 2.17 bits per heavy atom. The summed E-state index contributed by atoms with van der Waals surface area (Å²) in [6, 6.07) is 4.05. The minimum atomic E-state index is -4.47. The Balaban J connectivity index is 0.00000300. The molecule has 2 saturated heterocycles. The number of hydrogen-bond donors (Lipinski definition) is 2. The number of nitrogens with zero attached hydrogens (tertiary/aromatic N) is 1. The molecular weight excluding hydrogens is 411 g/mol. The molecular formula is C19H25ClF3N3O3. The minimum absolute atomic E-state index is 0. The van der Waals surface area contributed by atoms with Gasteiger partial charge in [-0.1, -0.05) is 12.1 Å². The topological polar surface area (TPSA) is 70.7 Å². The third-order valence-corrected chi connectivity index (χ3v) is 4.96. The Morgan fingerprint density at radius 3 is 2.79 bits per heavy atom. The molecule has 2 N–H and O–H groups in total. The molecule has 0 radical (unpaired) electrons. The lowest BCUT2D eigenvalue weighted by Gasteiger charge is -2.28. The second kappa shape index (κ2) is 10.3. The van der Waals surface area contributed by atoms with Crippen molar-refractivity contribution in [2.24, 2.45) is 0 Å². The van der Waals surface area contributed by atoms with E-state index in [0.717, 1.165) is 12.1 Å². The number of likely N-dealkylation sites (tertiary alicyclic amines) is 1. The van der Waals surface area contributed by atoms with Crippen molar-refractivity contribution in [2.75, 3.05) is 32.8 Å². The quantitative estimate of drug-likeness (QED) is 0.719. The lowest BCUT2D eigenvalue weighted by Crippen LogP contribution is -2.45. The Hall–Kier alpha value is -1.84. The molecule has 3 rings (SSSR count). The van der Waals surface area contributed by atoms with Crippen LogP contribution < -0.4 is 10.6 Å². The zero-order chi connectivity index (χ0) is 20.1. The van der Waals surface area contributed by atoms with E-state index in [9.17, 15) is 22.8 Å². The van der Waals surface area contributed by atoms with Gasteiger partial charge >= 0.3 is 6.18 Å². The molecule has 0 saturated carbocycles. The molecule has 2 amide bonds. The number of carbonyl (C=O) groups is 2. The number of rotatable bonds is 6. The molecule has 29 heavy (non-hydrogen) atoms. The second-order valence-electron chi connectivity index (χ2n) is 7.12. The Kier molecular flexibility index (Phi) is 8.30. The van der Waals surface area contributed by atoms with Crippen molar-refractivity contribution in [2.45, 2.75) is 37.5 Å². The smallest absolute Gasteiger partial charge is 0.378 e. The maximum atomic E-state index is 13.1. The molecule has 10 heteroatoms. The summed E-state index contributed by atoms with van der Waals surface area (Å²) in [7, 11) is 0. The molecule has 2 aliphatic heterocycles. The van der Waals surface area contributed by atoms with Gasteiger partial charge in [-0.15, -0.1) is 12.4 Å². The van der Waals surface area contributed by atoms with Crippen molar-refractivity contribution < 1.29 is 27.5 Å². The zero-order valence-corrected chi connectivity index (χ0v) is 16.7. The van der Waals surface area contributed by atoms with E-state index in [0.29, 0.717) is 44.7 Å². The van der Waals surface area contributed by atoms with Crippen LogP contribution in [0.2, 0.25) is 0 Å². The SMILES string of the molecule is Cl.O=C(CC1COCCN1)NC(CN1CCCC1=O)c1cccc(C(F)(F)F)c1. The van der Waals surface area contributed by atoms with Crippen molar-refractivity contribution in [3.05, 3.63) is 35.4 Å². The van der Waals surface area contributed by atoms with Gasteiger partial charge in [-0.3, -0.25) is 9.59 Å². The number of halogens is 4. The van der Waals surface area contributed by atoms with Crippen LogP contribution in [0.4, 0.5) is 13.2 Å². The van der Waals surface area contributed by atoms with Gasteiger partial charge < -0.3 is 20.3 Å². The van der Waals surface area contributed by atoms with E-state index in [4.69, 9.17) is 4.74 Å². The summed E-state index contributed by atoms with van der Waals surface area (Å²) in [4.78, 5) is 26.1. The average molecular weight is 436 g/mol. The Bertz CT molecular complexity index is 711. The van der Waals surface area contributed by atoms with Crippen LogP contribution in [0.3, 0.4) is 0 Å². The lowest BCUT2D eigenvalue weighted by molar-refractivity contribution is -0.137. The molecule has 1 aromatic rings. The lowest BCUT2D eigenvalue weighted by atomic mass is 10.0. The fraction of sp³-hybridized carbons (Fsp3) is 0.579. The number of ether oxygens (including phenoxy) is 1. The molecule has 0 aliphatic carbocycles. The first-order valence-electron chi connectivity index (χ1n) is 9.38. The predicted octanol–water partition coefficient (Wildman–Crippen LogP) is 2.29. The van der Waals surface area contributed by atoms with Crippen LogP contribution in [0, 0.1) is 0 Å². The van der Waals surface area contributed by atoms with Gasteiger partial charge in [0.1, 0.15) is 0 Å². The summed E-state index contributed by atoms with van der Waals surface area (Å²) < 4.78 is 44.6. The van der Waals surface area contributed by atoms with Gasteiger partial charge in [0.05, 0.1) is 24.8 Å². The third kappa shape index (κ3) is 6.58. The van der Waals surface area contributed by atoms with Crippen LogP contribution in [-0.2, 0) is 20.5 Å². The van der Waals surface area contributed by atoms with Gasteiger partial charge in [0.15, 0.2) is 0 Å². The molecule has 2 atom stereocenters. The van der Waals surface area contributed by atoms with Gasteiger partial charge in [-0.05, 0) is 24.1 Å². The molecule has 2 fully saturated rings. The maximum absolute atomic E-state index is 13.1. The number of nitrogens with one attached hydrogen (secondary N) is 2. The van der Waals surface area contributed by atoms with Crippen molar-refractivity contribution in [1.82, 2.24) is 15.5 Å². The standard InChI is InChI=1S/C19H24F3N3O3.ClH/c20-19(21,22)14-4-1-3-13(9-14)16(11-25-7-2-5-18(25)27)24-17(26)10-15-12-28-8-6-23-15;/h1,3-4,9,15-16,23H,2,5-8,10-12H2,(H,24,26);1H. The van der Waals surface area contributed by atoms with E-state index in [-0.39, 0.29) is 43.2 Å². The van der Waals surface area contributed by atoms with Crippen molar-refractivity contribution in [1.29, 1.82) is 0 Å². The van der Waals surface area contributed by atoms with Crippen molar-refractivity contribution >= 4 is 24.2 Å². The van der Waals surface area contributed by atoms with Gasteiger partial charge in [0.2, 0.25) is 11.8 Å². The average Bonchev–Trinajstić information content (AvgIpc) is 3.06. The van der Waals surface area contributed by atoms with Crippen LogP contribution in [-0.4, -0.2) is 55.6 Å². The molecule has 2 aliphatic rings. The summed E-state index contributed by atoms with van der Waals surface area (Å²) in [5, 5.41) is 5.98. The van der Waals surface area contributed by atoms with Gasteiger partial charge in [0, 0.05) is 38.5 Å². The summed E-state index contributed by atoms with van der Waals surface area (Å²) in [6.45, 7) is 2.34. The van der Waals surface area contributed by atoms with Gasteiger partial charge in [-0.25, -0.2) is 0 Å². The van der Waals surface area contributed by atoms with Crippen LogP contribution in [0.1, 0.15) is 36.4 Å². The highest BCUT2D eigenvalue weighted by Crippen LogP contribution is 2.31. The summed E-state index contributed by atoms with van der Waals surface area (Å²) in [5.41, 5.74) is -0.449. The third-order valence-electron chi connectivity index (χ3n) is 4.96. The zero-order valence-electron chi connectivity index (χ0n) is 15.8. The monoisotopic (exact) mass is 435 g/mol. The first-order chi connectivity index (χ1) is 13.3. The highest BCUT2D eigenvalue weighted by Gasteiger charge is 2.32. The largest absolute Gasteiger partial charge is 0.416 e. The van der Waals surface area contributed by atoms with Crippen LogP contribution in [0.15, 0.2) is 24.3 Å². The molecule has 162 valence electrons. The van der Waals surface area contributed by atoms with E-state index in [1.807, 2.05) is 0 Å². The summed E-state index contributed by atoms with van der Waals surface area (Å²) in [5.74, 6) is -0.342. The van der Waals surface area contributed by atoms with Gasteiger partial charge in [-0.2, -0.15) is 13.2 Å². The number of alkyl halides is 3. The van der Waals surface area contributed by atoms with E-state index in [1.165, 1.54) is 6.07 Å². The second-order valence-corrected chi connectivity index (χ2v) is 7.12. The van der Waals surface area contributed by atoms with Crippen LogP contribution in [0.5, 0.6) is 0 Å². The number of amides is 2. The van der Waals surface area contributed by atoms with Crippen LogP contribution >= 0.6 is 12.4 Å². The summed E-state index contributed by atoms with van der Waals surface area (Å²) in [6.07, 6.45) is -3.18. The Morgan fingerprint density at radius 1 is 1.38 bits per heavy atom. The van der Waals surface area contributed by atoms with E-state index in [2.05, 4.69) is 10.6 Å². The fourth-order valence-electron chi connectivity index (χ4n) is 3.51. The number of hydrogen-bond acceptors (Lipinski definition) is 4. The van der Waals surface area contributed by atoms with Gasteiger partial charge in [0.25, 0.3) is 0 Å². The molecule has 0 aromatic heterocycles. The molecule has 1 aromatic carbocycles. The highest BCUT2D eigenvalue weighted by molar-refractivity contribution is 5.85.